The number of hydrogen-bond acceptors (Lipinski definition) is 5. The van der Waals surface area contributed by atoms with Crippen molar-refractivity contribution >= 4 is 22.0 Å². The van der Waals surface area contributed by atoms with Gasteiger partial charge in [-0.15, -0.1) is 0 Å². The van der Waals surface area contributed by atoms with Gasteiger partial charge < -0.3 is 9.84 Å². The Labute approximate surface area is 118 Å². The average molecular weight is 307 g/mol. The highest BCUT2D eigenvalue weighted by atomic mass is 32.2. The van der Waals surface area contributed by atoms with Gasteiger partial charge in [-0.2, -0.15) is 4.72 Å². The van der Waals surface area contributed by atoms with Crippen LogP contribution in [-0.2, 0) is 24.3 Å². The standard InChI is InChI=1S/C12H21NO6S/c1-8-6-4-5-7-12(8,11(15)16)13-20(17,18)9(2)10(14)19-3/h8-9,13H,4-7H2,1-3H3,(H,15,16). The Hall–Kier alpha value is -1.15. The molecule has 0 spiro atoms. The van der Waals surface area contributed by atoms with E-state index in [0.717, 1.165) is 13.5 Å². The molecule has 0 aromatic carbocycles. The molecule has 8 heteroatoms. The van der Waals surface area contributed by atoms with E-state index in [9.17, 15) is 23.1 Å². The Kier molecular flexibility index (Phi) is 5.15. The minimum atomic E-state index is -4.11. The number of nitrogens with one attached hydrogen (secondary N) is 1. The minimum Gasteiger partial charge on any atom is -0.480 e. The molecule has 116 valence electrons. The van der Waals surface area contributed by atoms with Crippen LogP contribution in [0.2, 0.25) is 0 Å². The summed E-state index contributed by atoms with van der Waals surface area (Å²) in [5.74, 6) is -2.46. The lowest BCUT2D eigenvalue weighted by Gasteiger charge is -2.39. The molecule has 0 aliphatic heterocycles. The molecule has 0 heterocycles. The lowest BCUT2D eigenvalue weighted by molar-refractivity contribution is -0.148. The number of aliphatic carboxylic acids is 1. The molecule has 0 aromatic heterocycles. The van der Waals surface area contributed by atoms with E-state index in [4.69, 9.17) is 0 Å². The summed E-state index contributed by atoms with van der Waals surface area (Å²) < 4.78 is 31.0. The van der Waals surface area contributed by atoms with Crippen LogP contribution in [-0.4, -0.2) is 43.4 Å². The molecule has 3 atom stereocenters. The molecular weight excluding hydrogens is 286 g/mol. The van der Waals surface area contributed by atoms with Crippen LogP contribution in [0.4, 0.5) is 0 Å². The van der Waals surface area contributed by atoms with Crippen molar-refractivity contribution in [1.82, 2.24) is 4.72 Å². The first-order valence-electron chi connectivity index (χ1n) is 6.51. The smallest absolute Gasteiger partial charge is 0.325 e. The second-order valence-electron chi connectivity index (χ2n) is 5.24. The molecule has 1 rings (SSSR count). The van der Waals surface area contributed by atoms with Crippen molar-refractivity contribution in [3.63, 3.8) is 0 Å². The van der Waals surface area contributed by atoms with Crippen molar-refractivity contribution in [3.05, 3.63) is 0 Å². The van der Waals surface area contributed by atoms with Crippen molar-refractivity contribution in [2.75, 3.05) is 7.11 Å². The number of carbonyl (C=O) groups is 2. The fourth-order valence-corrected chi connectivity index (χ4v) is 3.92. The molecule has 0 radical (unpaired) electrons. The van der Waals surface area contributed by atoms with Gasteiger partial charge in [0.05, 0.1) is 7.11 Å². The number of hydrogen-bond donors (Lipinski definition) is 2. The molecule has 20 heavy (non-hydrogen) atoms. The molecule has 0 aromatic rings. The Morgan fingerprint density at radius 2 is 2.00 bits per heavy atom. The van der Waals surface area contributed by atoms with Crippen molar-refractivity contribution < 1.29 is 27.9 Å². The number of carbonyl (C=O) groups excluding carboxylic acids is 1. The Balaban J connectivity index is 3.08. The number of ether oxygens (including phenoxy) is 1. The summed E-state index contributed by atoms with van der Waals surface area (Å²) >= 11 is 0. The van der Waals surface area contributed by atoms with Gasteiger partial charge in [0.25, 0.3) is 0 Å². The molecule has 0 saturated heterocycles. The van der Waals surface area contributed by atoms with Gasteiger partial charge in [0.2, 0.25) is 10.0 Å². The van der Waals surface area contributed by atoms with E-state index in [1.54, 1.807) is 6.92 Å². The highest BCUT2D eigenvalue weighted by Crippen LogP contribution is 2.35. The number of methoxy groups -OCH3 is 1. The van der Waals surface area contributed by atoms with E-state index in [0.29, 0.717) is 12.8 Å². The number of sulfonamides is 1. The Bertz CT molecular complexity index is 488. The van der Waals surface area contributed by atoms with E-state index in [2.05, 4.69) is 9.46 Å². The third kappa shape index (κ3) is 3.12. The normalized spacial score (nSPS) is 28.6. The van der Waals surface area contributed by atoms with Crippen molar-refractivity contribution in [1.29, 1.82) is 0 Å². The molecule has 1 saturated carbocycles. The largest absolute Gasteiger partial charge is 0.480 e. The van der Waals surface area contributed by atoms with Gasteiger partial charge in [-0.05, 0) is 25.7 Å². The Morgan fingerprint density at radius 1 is 1.40 bits per heavy atom. The van der Waals surface area contributed by atoms with Crippen LogP contribution in [0.25, 0.3) is 0 Å². The quantitative estimate of drug-likeness (QED) is 0.716. The van der Waals surface area contributed by atoms with Gasteiger partial charge in [0, 0.05) is 0 Å². The van der Waals surface area contributed by atoms with Gasteiger partial charge >= 0.3 is 11.9 Å². The summed E-state index contributed by atoms with van der Waals surface area (Å²) in [6.07, 6.45) is 2.34. The average Bonchev–Trinajstić information content (AvgIpc) is 2.39. The predicted molar refractivity (Wildman–Crippen MR) is 71.5 cm³/mol. The lowest BCUT2D eigenvalue weighted by atomic mass is 9.74. The van der Waals surface area contributed by atoms with Crippen LogP contribution in [0.15, 0.2) is 0 Å². The van der Waals surface area contributed by atoms with Crippen LogP contribution >= 0.6 is 0 Å². The molecule has 0 amide bonds. The zero-order valence-electron chi connectivity index (χ0n) is 11.9. The zero-order chi connectivity index (χ0) is 15.6. The molecule has 7 nitrogen and oxygen atoms in total. The Morgan fingerprint density at radius 3 is 2.45 bits per heavy atom. The minimum absolute atomic E-state index is 0.219. The third-order valence-electron chi connectivity index (χ3n) is 4.00. The summed E-state index contributed by atoms with van der Waals surface area (Å²) in [4.78, 5) is 23.0. The van der Waals surface area contributed by atoms with Crippen molar-refractivity contribution in [3.8, 4) is 0 Å². The first kappa shape index (κ1) is 16.9. The summed E-state index contributed by atoms with van der Waals surface area (Å²) in [5.41, 5.74) is -1.54. The van der Waals surface area contributed by atoms with Gasteiger partial charge in [-0.25, -0.2) is 8.42 Å². The third-order valence-corrected chi connectivity index (χ3v) is 5.78. The fraction of sp³-hybridized carbons (Fsp3) is 0.833. The fourth-order valence-electron chi connectivity index (χ4n) is 2.50. The zero-order valence-corrected chi connectivity index (χ0v) is 12.7. The molecule has 2 N–H and O–H groups in total. The first-order chi connectivity index (χ1) is 9.17. The van der Waals surface area contributed by atoms with Crippen LogP contribution < -0.4 is 4.72 Å². The second-order valence-corrected chi connectivity index (χ2v) is 7.24. The van der Waals surface area contributed by atoms with Crippen molar-refractivity contribution in [2.45, 2.75) is 50.3 Å². The van der Waals surface area contributed by atoms with Gasteiger partial charge in [0.1, 0.15) is 5.54 Å². The van der Waals surface area contributed by atoms with Crippen LogP contribution in [0.5, 0.6) is 0 Å². The SMILES string of the molecule is COC(=O)C(C)S(=O)(=O)NC1(C(=O)O)CCCCC1C. The summed E-state index contributed by atoms with van der Waals surface area (Å²) in [5, 5.41) is 8.01. The number of esters is 1. The highest BCUT2D eigenvalue weighted by molar-refractivity contribution is 7.90. The second kappa shape index (κ2) is 6.09. The highest BCUT2D eigenvalue weighted by Gasteiger charge is 2.49. The van der Waals surface area contributed by atoms with E-state index < -0.39 is 32.8 Å². The van der Waals surface area contributed by atoms with Crippen molar-refractivity contribution in [2.24, 2.45) is 5.92 Å². The first-order valence-corrected chi connectivity index (χ1v) is 8.06. The van der Waals surface area contributed by atoms with E-state index in [1.165, 1.54) is 6.92 Å². The maximum Gasteiger partial charge on any atom is 0.325 e. The van der Waals surface area contributed by atoms with E-state index in [1.807, 2.05) is 0 Å². The van der Waals surface area contributed by atoms with E-state index in [-0.39, 0.29) is 12.3 Å². The molecular formula is C12H21NO6S. The number of carboxylic acids is 1. The molecule has 3 unspecified atom stereocenters. The maximum absolute atomic E-state index is 12.2. The van der Waals surface area contributed by atoms with E-state index >= 15 is 0 Å². The topological polar surface area (TPSA) is 110 Å². The number of carboxylic acid groups (broad SMARTS) is 1. The maximum atomic E-state index is 12.2. The molecule has 1 fully saturated rings. The van der Waals surface area contributed by atoms with Gasteiger partial charge in [-0.3, -0.25) is 9.59 Å². The lowest BCUT2D eigenvalue weighted by Crippen LogP contribution is -2.61. The number of rotatable bonds is 5. The molecule has 1 aliphatic rings. The van der Waals surface area contributed by atoms with Crippen LogP contribution in [0, 0.1) is 5.92 Å². The monoisotopic (exact) mass is 307 g/mol. The summed E-state index contributed by atoms with van der Waals surface area (Å²) in [7, 11) is -3.03. The molecule has 0 bridgehead atoms. The summed E-state index contributed by atoms with van der Waals surface area (Å²) in [6, 6.07) is 0. The van der Waals surface area contributed by atoms with Crippen LogP contribution in [0.1, 0.15) is 39.5 Å². The van der Waals surface area contributed by atoms with Gasteiger partial charge in [-0.1, -0.05) is 19.8 Å². The summed E-state index contributed by atoms with van der Waals surface area (Å²) in [6.45, 7) is 2.88. The molecule has 1 aliphatic carbocycles. The van der Waals surface area contributed by atoms with Gasteiger partial charge in [0.15, 0.2) is 5.25 Å². The predicted octanol–water partition coefficient (Wildman–Crippen LogP) is 0.501. The van der Waals surface area contributed by atoms with Crippen LogP contribution in [0.3, 0.4) is 0 Å².